The van der Waals surface area contributed by atoms with Crippen LogP contribution in [0.3, 0.4) is 0 Å². The van der Waals surface area contributed by atoms with Gasteiger partial charge in [0.2, 0.25) is 11.8 Å². The Bertz CT molecular complexity index is 770. The Balaban J connectivity index is 1.26. The number of nitrogens with zero attached hydrogens (tertiary/aromatic N) is 3. The van der Waals surface area contributed by atoms with Gasteiger partial charge in [-0.15, -0.1) is 0 Å². The highest BCUT2D eigenvalue weighted by atomic mass is 16.5. The number of ketones is 1. The molecule has 0 N–H and O–H groups in total. The molecule has 4 rings (SSSR count). The Morgan fingerprint density at radius 3 is 2.32 bits per heavy atom. The van der Waals surface area contributed by atoms with E-state index in [9.17, 15) is 14.4 Å². The molecule has 168 valence electrons. The fraction of sp³-hybridized carbons (Fsp3) is 0.625. The second-order valence-electron chi connectivity index (χ2n) is 8.86. The number of hydrogen-bond acceptors (Lipinski definition) is 5. The number of amides is 2. The first-order valence-corrected chi connectivity index (χ1v) is 11.6. The zero-order chi connectivity index (χ0) is 21.6. The Kier molecular flexibility index (Phi) is 7.35. The summed E-state index contributed by atoms with van der Waals surface area (Å²) in [6.45, 7) is 6.59. The van der Waals surface area contributed by atoms with E-state index in [1.54, 1.807) is 0 Å². The molecular weight excluding hydrogens is 394 g/mol. The second-order valence-corrected chi connectivity index (χ2v) is 8.86. The summed E-state index contributed by atoms with van der Waals surface area (Å²) < 4.78 is 5.38. The molecule has 3 aliphatic heterocycles. The average molecular weight is 428 g/mol. The van der Waals surface area contributed by atoms with E-state index in [4.69, 9.17) is 4.74 Å². The molecule has 1 aromatic carbocycles. The van der Waals surface area contributed by atoms with E-state index in [0.717, 1.165) is 38.4 Å². The predicted molar refractivity (Wildman–Crippen MR) is 117 cm³/mol. The Morgan fingerprint density at radius 1 is 0.903 bits per heavy atom. The van der Waals surface area contributed by atoms with Crippen molar-refractivity contribution in [3.05, 3.63) is 35.9 Å². The lowest BCUT2D eigenvalue weighted by Crippen LogP contribution is -2.51. The van der Waals surface area contributed by atoms with Crippen LogP contribution in [0.15, 0.2) is 30.3 Å². The number of Topliss-reactive ketones (excluding diaryl/α,β-unsaturated/α-hetero) is 1. The zero-order valence-corrected chi connectivity index (χ0v) is 18.2. The van der Waals surface area contributed by atoms with Gasteiger partial charge in [0.1, 0.15) is 0 Å². The van der Waals surface area contributed by atoms with Crippen LogP contribution >= 0.6 is 0 Å². The molecule has 31 heavy (non-hydrogen) atoms. The summed E-state index contributed by atoms with van der Waals surface area (Å²) in [5.74, 6) is 0.359. The van der Waals surface area contributed by atoms with E-state index in [-0.39, 0.29) is 29.4 Å². The fourth-order valence-corrected chi connectivity index (χ4v) is 4.88. The van der Waals surface area contributed by atoms with Crippen LogP contribution in [0.5, 0.6) is 0 Å². The second kappa shape index (κ2) is 10.4. The standard InChI is InChI=1S/C24H33N3O4/c28-22-7-6-21(18-27(22)13-12-25-14-16-31-17-15-25)24(30)26-10-8-20(9-11-26)23(29)19-4-2-1-3-5-19/h1-5,20-21H,6-18H2/t21-/m0/s1. The monoisotopic (exact) mass is 427 g/mol. The van der Waals surface area contributed by atoms with Gasteiger partial charge in [-0.1, -0.05) is 30.3 Å². The largest absolute Gasteiger partial charge is 0.379 e. The van der Waals surface area contributed by atoms with Crippen LogP contribution in [0, 0.1) is 11.8 Å². The Hall–Kier alpha value is -2.25. The predicted octanol–water partition coefficient (Wildman–Crippen LogP) is 1.68. The van der Waals surface area contributed by atoms with Crippen molar-refractivity contribution in [2.75, 3.05) is 59.0 Å². The number of carbonyl (C=O) groups excluding carboxylic acids is 3. The Morgan fingerprint density at radius 2 is 1.61 bits per heavy atom. The van der Waals surface area contributed by atoms with Gasteiger partial charge in [-0.05, 0) is 19.3 Å². The van der Waals surface area contributed by atoms with Crippen molar-refractivity contribution in [2.24, 2.45) is 11.8 Å². The highest BCUT2D eigenvalue weighted by molar-refractivity contribution is 5.98. The van der Waals surface area contributed by atoms with Crippen LogP contribution in [0.2, 0.25) is 0 Å². The number of likely N-dealkylation sites (tertiary alicyclic amines) is 2. The SMILES string of the molecule is O=C(c1ccccc1)C1CCN(C(=O)[C@H]2CCC(=O)N(CCN3CCOCC3)C2)CC1. The molecule has 1 atom stereocenters. The lowest BCUT2D eigenvalue weighted by Gasteiger charge is -2.38. The molecule has 0 unspecified atom stereocenters. The minimum Gasteiger partial charge on any atom is -0.379 e. The van der Waals surface area contributed by atoms with E-state index < -0.39 is 0 Å². The highest BCUT2D eigenvalue weighted by Crippen LogP contribution is 2.26. The highest BCUT2D eigenvalue weighted by Gasteiger charge is 2.35. The van der Waals surface area contributed by atoms with E-state index in [2.05, 4.69) is 4.90 Å². The molecule has 2 amide bonds. The summed E-state index contributed by atoms with van der Waals surface area (Å²) in [5.41, 5.74) is 0.758. The molecule has 3 heterocycles. The number of morpholine rings is 1. The molecule has 0 aromatic heterocycles. The van der Waals surface area contributed by atoms with Crippen molar-refractivity contribution in [1.82, 2.24) is 14.7 Å². The van der Waals surface area contributed by atoms with Gasteiger partial charge < -0.3 is 14.5 Å². The van der Waals surface area contributed by atoms with Gasteiger partial charge in [0.25, 0.3) is 0 Å². The van der Waals surface area contributed by atoms with Crippen molar-refractivity contribution in [1.29, 1.82) is 0 Å². The third kappa shape index (κ3) is 5.52. The first kappa shape index (κ1) is 22.0. The normalized spacial score (nSPS) is 23.7. The average Bonchev–Trinajstić information content (AvgIpc) is 2.84. The van der Waals surface area contributed by atoms with Crippen molar-refractivity contribution in [2.45, 2.75) is 25.7 Å². The zero-order valence-electron chi connectivity index (χ0n) is 18.2. The molecule has 7 nitrogen and oxygen atoms in total. The van der Waals surface area contributed by atoms with E-state index in [1.165, 1.54) is 0 Å². The van der Waals surface area contributed by atoms with Gasteiger partial charge in [-0.25, -0.2) is 0 Å². The van der Waals surface area contributed by atoms with Crippen LogP contribution in [0.1, 0.15) is 36.0 Å². The quantitative estimate of drug-likeness (QED) is 0.646. The molecule has 3 fully saturated rings. The van der Waals surface area contributed by atoms with E-state index in [0.29, 0.717) is 51.9 Å². The number of hydrogen-bond donors (Lipinski definition) is 0. The van der Waals surface area contributed by atoms with Crippen LogP contribution in [-0.4, -0.2) is 91.3 Å². The summed E-state index contributed by atoms with van der Waals surface area (Å²) in [6, 6.07) is 9.42. The fourth-order valence-electron chi connectivity index (χ4n) is 4.88. The molecule has 3 aliphatic rings. The van der Waals surface area contributed by atoms with Gasteiger partial charge in [-0.3, -0.25) is 19.3 Å². The molecule has 0 aliphatic carbocycles. The number of carbonyl (C=O) groups is 3. The maximum atomic E-state index is 13.1. The third-order valence-corrected chi connectivity index (χ3v) is 6.87. The molecule has 7 heteroatoms. The number of piperidine rings is 2. The summed E-state index contributed by atoms with van der Waals surface area (Å²) in [7, 11) is 0. The van der Waals surface area contributed by atoms with Crippen molar-refractivity contribution >= 4 is 17.6 Å². The number of benzene rings is 1. The van der Waals surface area contributed by atoms with Crippen LogP contribution < -0.4 is 0 Å². The first-order valence-electron chi connectivity index (χ1n) is 11.6. The molecule has 0 bridgehead atoms. The summed E-state index contributed by atoms with van der Waals surface area (Å²) in [5, 5.41) is 0. The lowest BCUT2D eigenvalue weighted by molar-refractivity contribution is -0.144. The lowest BCUT2D eigenvalue weighted by atomic mass is 9.88. The third-order valence-electron chi connectivity index (χ3n) is 6.87. The summed E-state index contributed by atoms with van der Waals surface area (Å²) in [4.78, 5) is 44.3. The smallest absolute Gasteiger partial charge is 0.227 e. The van der Waals surface area contributed by atoms with Crippen LogP contribution in [0.4, 0.5) is 0 Å². The van der Waals surface area contributed by atoms with Gasteiger partial charge in [0, 0.05) is 63.7 Å². The summed E-state index contributed by atoms with van der Waals surface area (Å²) in [6.07, 6.45) is 2.51. The van der Waals surface area contributed by atoms with Gasteiger partial charge in [0.05, 0.1) is 19.1 Å². The molecule has 0 radical (unpaired) electrons. The number of rotatable bonds is 6. The maximum Gasteiger partial charge on any atom is 0.227 e. The van der Waals surface area contributed by atoms with Crippen LogP contribution in [-0.2, 0) is 14.3 Å². The van der Waals surface area contributed by atoms with E-state index in [1.807, 2.05) is 40.1 Å². The van der Waals surface area contributed by atoms with Crippen molar-refractivity contribution < 1.29 is 19.1 Å². The minimum absolute atomic E-state index is 0.00981. The van der Waals surface area contributed by atoms with Gasteiger partial charge >= 0.3 is 0 Å². The van der Waals surface area contributed by atoms with Gasteiger partial charge in [0.15, 0.2) is 5.78 Å². The van der Waals surface area contributed by atoms with Crippen molar-refractivity contribution in [3.63, 3.8) is 0 Å². The maximum absolute atomic E-state index is 13.1. The Labute approximate surface area is 184 Å². The minimum atomic E-state index is -0.122. The van der Waals surface area contributed by atoms with Gasteiger partial charge in [-0.2, -0.15) is 0 Å². The van der Waals surface area contributed by atoms with Crippen LogP contribution in [0.25, 0.3) is 0 Å². The topological polar surface area (TPSA) is 70.2 Å². The summed E-state index contributed by atoms with van der Waals surface area (Å²) >= 11 is 0. The first-order chi connectivity index (χ1) is 15.1. The molecule has 1 aromatic rings. The number of ether oxygens (including phenoxy) is 1. The molecule has 0 spiro atoms. The molecule has 3 saturated heterocycles. The molecular formula is C24H33N3O4. The molecule has 0 saturated carbocycles. The van der Waals surface area contributed by atoms with Crippen molar-refractivity contribution in [3.8, 4) is 0 Å². The van der Waals surface area contributed by atoms with E-state index >= 15 is 0 Å².